The molecule has 1 rings (SSSR count). The van der Waals surface area contributed by atoms with Crippen LogP contribution < -0.4 is 16.6 Å². The molecule has 2 amide bonds. The largest absolute Gasteiger partial charge is 0.318 e. The molecule has 5 nitrogen and oxygen atoms in total. The van der Waals surface area contributed by atoms with Crippen LogP contribution in [0.25, 0.3) is 0 Å². The van der Waals surface area contributed by atoms with Crippen LogP contribution in [0.3, 0.4) is 0 Å². The first-order valence-corrected chi connectivity index (χ1v) is 4.86. The summed E-state index contributed by atoms with van der Waals surface area (Å²) in [6, 6.07) is 8.58. The van der Waals surface area contributed by atoms with E-state index in [1.165, 1.54) is 0 Å². The zero-order valence-electron chi connectivity index (χ0n) is 9.28. The van der Waals surface area contributed by atoms with Crippen LogP contribution in [0.2, 0.25) is 0 Å². The van der Waals surface area contributed by atoms with E-state index in [1.54, 1.807) is 44.2 Å². The second-order valence-electron chi connectivity index (χ2n) is 4.00. The van der Waals surface area contributed by atoms with E-state index in [9.17, 15) is 9.59 Å². The van der Waals surface area contributed by atoms with Crippen molar-refractivity contribution in [1.29, 1.82) is 0 Å². The third-order valence-corrected chi connectivity index (χ3v) is 1.91. The Hall–Kier alpha value is -1.88. The fraction of sp³-hybridized carbons (Fsp3) is 0.273. The molecule has 0 atom stereocenters. The minimum absolute atomic E-state index is 0.377. The Bertz CT molecular complexity index is 382. The van der Waals surface area contributed by atoms with Gasteiger partial charge in [0.25, 0.3) is 11.8 Å². The van der Waals surface area contributed by atoms with E-state index in [-0.39, 0.29) is 5.91 Å². The highest BCUT2D eigenvalue weighted by Gasteiger charge is 2.22. The van der Waals surface area contributed by atoms with Crippen molar-refractivity contribution in [2.75, 3.05) is 0 Å². The van der Waals surface area contributed by atoms with E-state index in [1.807, 2.05) is 0 Å². The zero-order valence-corrected chi connectivity index (χ0v) is 9.28. The SMILES string of the molecule is CC(C)(N)C(=O)NNC(=O)c1ccccc1. The number of carbonyl (C=O) groups is 2. The van der Waals surface area contributed by atoms with Crippen LogP contribution in [-0.4, -0.2) is 17.4 Å². The van der Waals surface area contributed by atoms with Crippen molar-refractivity contribution < 1.29 is 9.59 Å². The van der Waals surface area contributed by atoms with Crippen molar-refractivity contribution in [3.8, 4) is 0 Å². The number of benzene rings is 1. The van der Waals surface area contributed by atoms with E-state index in [4.69, 9.17) is 5.73 Å². The number of nitrogens with one attached hydrogen (secondary N) is 2. The van der Waals surface area contributed by atoms with E-state index in [0.29, 0.717) is 5.56 Å². The van der Waals surface area contributed by atoms with Gasteiger partial charge in [0.15, 0.2) is 0 Å². The van der Waals surface area contributed by atoms with Crippen molar-refractivity contribution in [1.82, 2.24) is 10.9 Å². The van der Waals surface area contributed by atoms with Crippen molar-refractivity contribution in [3.63, 3.8) is 0 Å². The van der Waals surface area contributed by atoms with Crippen LogP contribution >= 0.6 is 0 Å². The molecular weight excluding hydrogens is 206 g/mol. The molecule has 16 heavy (non-hydrogen) atoms. The third-order valence-electron chi connectivity index (χ3n) is 1.91. The highest BCUT2D eigenvalue weighted by atomic mass is 16.2. The maximum Gasteiger partial charge on any atom is 0.269 e. The quantitative estimate of drug-likeness (QED) is 0.623. The maximum absolute atomic E-state index is 11.5. The lowest BCUT2D eigenvalue weighted by atomic mass is 10.1. The minimum atomic E-state index is -1.02. The normalized spacial score (nSPS) is 10.7. The van der Waals surface area contributed by atoms with E-state index < -0.39 is 11.4 Å². The van der Waals surface area contributed by atoms with Gasteiger partial charge in [0.05, 0.1) is 5.54 Å². The Morgan fingerprint density at radius 2 is 1.69 bits per heavy atom. The molecule has 1 aromatic carbocycles. The summed E-state index contributed by atoms with van der Waals surface area (Å²) in [5.74, 6) is -0.824. The van der Waals surface area contributed by atoms with Crippen LogP contribution in [0.15, 0.2) is 30.3 Å². The molecule has 4 N–H and O–H groups in total. The van der Waals surface area contributed by atoms with Gasteiger partial charge in [-0.05, 0) is 26.0 Å². The summed E-state index contributed by atoms with van der Waals surface area (Å²) in [5.41, 5.74) is 9.53. The fourth-order valence-electron chi connectivity index (χ4n) is 0.936. The van der Waals surface area contributed by atoms with Crippen LogP contribution in [-0.2, 0) is 4.79 Å². The maximum atomic E-state index is 11.5. The second kappa shape index (κ2) is 4.76. The topological polar surface area (TPSA) is 84.2 Å². The van der Waals surface area contributed by atoms with Crippen molar-refractivity contribution in [2.45, 2.75) is 19.4 Å². The molecule has 0 aliphatic rings. The van der Waals surface area contributed by atoms with Gasteiger partial charge in [-0.1, -0.05) is 18.2 Å². The predicted octanol–water partition coefficient (Wildman–Crippen LogP) is 0.185. The van der Waals surface area contributed by atoms with Crippen molar-refractivity contribution in [2.24, 2.45) is 5.73 Å². The molecule has 0 saturated heterocycles. The number of hydrogen-bond donors (Lipinski definition) is 3. The predicted molar refractivity (Wildman–Crippen MR) is 60.3 cm³/mol. The zero-order chi connectivity index (χ0) is 12.2. The Kier molecular flexibility index (Phi) is 3.63. The molecule has 0 aliphatic carbocycles. The molecule has 0 radical (unpaired) electrons. The number of rotatable bonds is 2. The smallest absolute Gasteiger partial charge is 0.269 e. The van der Waals surface area contributed by atoms with Gasteiger partial charge in [0.1, 0.15) is 0 Å². The Morgan fingerprint density at radius 1 is 1.12 bits per heavy atom. The third kappa shape index (κ3) is 3.36. The summed E-state index contributed by atoms with van der Waals surface area (Å²) in [6.45, 7) is 3.11. The average molecular weight is 221 g/mol. The molecule has 0 bridgehead atoms. The first-order valence-electron chi connectivity index (χ1n) is 4.86. The van der Waals surface area contributed by atoms with Gasteiger partial charge in [0.2, 0.25) is 0 Å². The highest BCUT2D eigenvalue weighted by Crippen LogP contribution is 1.98. The number of carbonyl (C=O) groups excluding carboxylic acids is 2. The first-order chi connectivity index (χ1) is 7.41. The van der Waals surface area contributed by atoms with Gasteiger partial charge >= 0.3 is 0 Å². The molecule has 0 aliphatic heterocycles. The number of hydrazine groups is 1. The summed E-state index contributed by atoms with van der Waals surface area (Å²) < 4.78 is 0. The minimum Gasteiger partial charge on any atom is -0.318 e. The number of nitrogens with two attached hydrogens (primary N) is 1. The monoisotopic (exact) mass is 221 g/mol. The van der Waals surface area contributed by atoms with E-state index in [2.05, 4.69) is 10.9 Å². The molecule has 0 saturated carbocycles. The molecule has 1 aromatic rings. The highest BCUT2D eigenvalue weighted by molar-refractivity contribution is 5.96. The average Bonchev–Trinajstić information content (AvgIpc) is 2.25. The number of hydrogen-bond acceptors (Lipinski definition) is 3. The molecule has 86 valence electrons. The lowest BCUT2D eigenvalue weighted by Crippen LogP contribution is -2.54. The standard InChI is InChI=1S/C11H15N3O2/c1-11(2,12)10(16)14-13-9(15)8-6-4-3-5-7-8/h3-7H,12H2,1-2H3,(H,13,15)(H,14,16). The number of amides is 2. The Morgan fingerprint density at radius 3 is 2.19 bits per heavy atom. The summed E-state index contributed by atoms with van der Waals surface area (Å²) in [6.07, 6.45) is 0. The molecule has 0 aromatic heterocycles. The van der Waals surface area contributed by atoms with Crippen LogP contribution in [0.4, 0.5) is 0 Å². The van der Waals surface area contributed by atoms with E-state index >= 15 is 0 Å². The van der Waals surface area contributed by atoms with Crippen LogP contribution in [0, 0.1) is 0 Å². The molecular formula is C11H15N3O2. The van der Waals surface area contributed by atoms with Gasteiger partial charge in [-0.15, -0.1) is 0 Å². The lowest BCUT2D eigenvalue weighted by molar-refractivity contribution is -0.126. The molecule has 0 unspecified atom stereocenters. The molecule has 0 fully saturated rings. The first kappa shape index (κ1) is 12.2. The summed E-state index contributed by atoms with van der Waals surface area (Å²) in [7, 11) is 0. The van der Waals surface area contributed by atoms with Crippen LogP contribution in [0.1, 0.15) is 24.2 Å². The lowest BCUT2D eigenvalue weighted by Gasteiger charge is -2.17. The Balaban J connectivity index is 2.52. The molecule has 5 heteroatoms. The van der Waals surface area contributed by atoms with Gasteiger partial charge in [-0.25, -0.2) is 0 Å². The summed E-state index contributed by atoms with van der Waals surface area (Å²) in [5, 5.41) is 0. The van der Waals surface area contributed by atoms with Gasteiger partial charge in [0, 0.05) is 5.56 Å². The summed E-state index contributed by atoms with van der Waals surface area (Å²) >= 11 is 0. The Labute approximate surface area is 94.0 Å². The second-order valence-corrected chi connectivity index (χ2v) is 4.00. The molecule has 0 heterocycles. The van der Waals surface area contributed by atoms with E-state index in [0.717, 1.165) is 0 Å². The van der Waals surface area contributed by atoms with Gasteiger partial charge < -0.3 is 5.73 Å². The molecule has 0 spiro atoms. The van der Waals surface area contributed by atoms with Crippen LogP contribution in [0.5, 0.6) is 0 Å². The van der Waals surface area contributed by atoms with Gasteiger partial charge in [-0.2, -0.15) is 0 Å². The van der Waals surface area contributed by atoms with Gasteiger partial charge in [-0.3, -0.25) is 20.4 Å². The van der Waals surface area contributed by atoms with Crippen molar-refractivity contribution >= 4 is 11.8 Å². The fourth-order valence-corrected chi connectivity index (χ4v) is 0.936. The summed E-state index contributed by atoms with van der Waals surface area (Å²) in [4.78, 5) is 22.9. The van der Waals surface area contributed by atoms with Crippen molar-refractivity contribution in [3.05, 3.63) is 35.9 Å².